The maximum Gasteiger partial charge on any atom is 0.152 e. The first-order chi connectivity index (χ1) is 5.77. The SMILES string of the molecule is CC(Cl)C(C)CCS(=O)(=O)C(C)C. The van der Waals surface area contributed by atoms with Crippen molar-refractivity contribution in [3.63, 3.8) is 0 Å². The van der Waals surface area contributed by atoms with Crippen LogP contribution in [0.25, 0.3) is 0 Å². The minimum Gasteiger partial charge on any atom is -0.229 e. The van der Waals surface area contributed by atoms with Crippen LogP contribution in [0.2, 0.25) is 0 Å². The van der Waals surface area contributed by atoms with Gasteiger partial charge in [0.05, 0.1) is 11.0 Å². The number of alkyl halides is 1. The van der Waals surface area contributed by atoms with Crippen molar-refractivity contribution >= 4 is 21.4 Å². The molecule has 2 nitrogen and oxygen atoms in total. The minimum atomic E-state index is -2.89. The molecular weight excluding hydrogens is 208 g/mol. The average Bonchev–Trinajstić information content (AvgIpc) is 1.99. The van der Waals surface area contributed by atoms with E-state index in [9.17, 15) is 8.42 Å². The number of hydrogen-bond acceptors (Lipinski definition) is 2. The summed E-state index contributed by atoms with van der Waals surface area (Å²) in [4.78, 5) is 0. The Bertz CT molecular complexity index is 232. The molecule has 0 aromatic carbocycles. The van der Waals surface area contributed by atoms with Gasteiger partial charge < -0.3 is 0 Å². The first-order valence-electron chi connectivity index (χ1n) is 4.63. The monoisotopic (exact) mass is 226 g/mol. The van der Waals surface area contributed by atoms with E-state index in [1.54, 1.807) is 13.8 Å². The van der Waals surface area contributed by atoms with Crippen LogP contribution in [0.1, 0.15) is 34.1 Å². The standard InChI is InChI=1S/C9H19ClO2S/c1-7(2)13(11,12)6-5-8(3)9(4)10/h7-9H,5-6H2,1-4H3. The van der Waals surface area contributed by atoms with Crippen LogP contribution in [0.5, 0.6) is 0 Å². The molecule has 0 fully saturated rings. The molecule has 0 radical (unpaired) electrons. The minimum absolute atomic E-state index is 0.0439. The lowest BCUT2D eigenvalue weighted by atomic mass is 10.1. The molecular formula is C9H19ClO2S. The van der Waals surface area contributed by atoms with Crippen molar-refractivity contribution in [3.8, 4) is 0 Å². The van der Waals surface area contributed by atoms with Crippen LogP contribution in [-0.2, 0) is 9.84 Å². The summed E-state index contributed by atoms with van der Waals surface area (Å²) in [5.74, 6) is 0.512. The molecule has 4 heteroatoms. The summed E-state index contributed by atoms with van der Waals surface area (Å²) in [6.07, 6.45) is 0.658. The Morgan fingerprint density at radius 1 is 1.15 bits per heavy atom. The van der Waals surface area contributed by atoms with Crippen LogP contribution in [-0.4, -0.2) is 24.8 Å². The lowest BCUT2D eigenvalue weighted by molar-refractivity contribution is 0.535. The molecule has 0 aliphatic rings. The maximum atomic E-state index is 11.4. The van der Waals surface area contributed by atoms with Crippen LogP contribution in [0.3, 0.4) is 0 Å². The summed E-state index contributed by atoms with van der Waals surface area (Å²) >= 11 is 5.84. The van der Waals surface area contributed by atoms with Gasteiger partial charge in [0.1, 0.15) is 0 Å². The smallest absolute Gasteiger partial charge is 0.152 e. The molecule has 0 N–H and O–H groups in total. The highest BCUT2D eigenvalue weighted by Gasteiger charge is 2.18. The van der Waals surface area contributed by atoms with Gasteiger partial charge in [-0.1, -0.05) is 6.92 Å². The van der Waals surface area contributed by atoms with Crippen molar-refractivity contribution in [2.45, 2.75) is 44.7 Å². The topological polar surface area (TPSA) is 34.1 Å². The van der Waals surface area contributed by atoms with Gasteiger partial charge in [-0.15, -0.1) is 11.6 Å². The number of halogens is 1. The highest BCUT2D eigenvalue weighted by molar-refractivity contribution is 7.91. The first kappa shape index (κ1) is 13.2. The van der Waals surface area contributed by atoms with Gasteiger partial charge in [-0.3, -0.25) is 0 Å². The Balaban J connectivity index is 4.04. The summed E-state index contributed by atoms with van der Waals surface area (Å²) in [7, 11) is -2.89. The average molecular weight is 227 g/mol. The predicted octanol–water partition coefficient (Wildman–Crippen LogP) is 2.46. The van der Waals surface area contributed by atoms with Gasteiger partial charge in [-0.05, 0) is 33.1 Å². The fourth-order valence-electron chi connectivity index (χ4n) is 0.816. The Labute approximate surface area is 86.6 Å². The van der Waals surface area contributed by atoms with E-state index in [-0.39, 0.29) is 22.3 Å². The van der Waals surface area contributed by atoms with Gasteiger partial charge in [-0.2, -0.15) is 0 Å². The third kappa shape index (κ3) is 4.87. The van der Waals surface area contributed by atoms with Crippen molar-refractivity contribution in [2.24, 2.45) is 5.92 Å². The summed E-state index contributed by atoms with van der Waals surface area (Å²) in [6, 6.07) is 0. The molecule has 2 unspecified atom stereocenters. The number of rotatable bonds is 5. The van der Waals surface area contributed by atoms with Crippen molar-refractivity contribution in [1.29, 1.82) is 0 Å². The second-order valence-electron chi connectivity index (χ2n) is 3.86. The second-order valence-corrected chi connectivity index (χ2v) is 7.22. The zero-order chi connectivity index (χ0) is 10.6. The molecule has 0 spiro atoms. The van der Waals surface area contributed by atoms with E-state index < -0.39 is 9.84 Å². The Morgan fingerprint density at radius 2 is 1.62 bits per heavy atom. The Kier molecular flexibility index (Phi) is 5.30. The zero-order valence-corrected chi connectivity index (χ0v) is 10.3. The summed E-state index contributed by atoms with van der Waals surface area (Å²) in [5.41, 5.74) is 0. The zero-order valence-electron chi connectivity index (χ0n) is 8.75. The van der Waals surface area contributed by atoms with E-state index in [0.717, 1.165) is 0 Å². The van der Waals surface area contributed by atoms with Crippen molar-refractivity contribution in [1.82, 2.24) is 0 Å². The maximum absolute atomic E-state index is 11.4. The number of sulfone groups is 1. The summed E-state index contributed by atoms with van der Waals surface area (Å²) in [6.45, 7) is 7.30. The fourth-order valence-corrected chi connectivity index (χ4v) is 2.11. The molecule has 0 aromatic heterocycles. The summed E-state index contributed by atoms with van der Waals surface area (Å²) in [5, 5.41) is -0.229. The molecule has 0 bridgehead atoms. The largest absolute Gasteiger partial charge is 0.229 e. The molecule has 0 saturated carbocycles. The lowest BCUT2D eigenvalue weighted by Crippen LogP contribution is -2.21. The van der Waals surface area contributed by atoms with Crippen LogP contribution in [0.4, 0.5) is 0 Å². The van der Waals surface area contributed by atoms with Gasteiger partial charge in [0.15, 0.2) is 9.84 Å². The van der Waals surface area contributed by atoms with Gasteiger partial charge in [0.2, 0.25) is 0 Å². The van der Waals surface area contributed by atoms with Gasteiger partial charge in [-0.25, -0.2) is 8.42 Å². The molecule has 80 valence electrons. The first-order valence-corrected chi connectivity index (χ1v) is 6.78. The van der Waals surface area contributed by atoms with Crippen LogP contribution in [0, 0.1) is 5.92 Å². The molecule has 0 saturated heterocycles. The molecule has 0 aliphatic carbocycles. The van der Waals surface area contributed by atoms with Gasteiger partial charge in [0.25, 0.3) is 0 Å². The van der Waals surface area contributed by atoms with Gasteiger partial charge in [0, 0.05) is 5.38 Å². The van der Waals surface area contributed by atoms with E-state index in [0.29, 0.717) is 6.42 Å². The molecule has 0 aromatic rings. The van der Waals surface area contributed by atoms with Crippen molar-refractivity contribution in [2.75, 3.05) is 5.75 Å². The quantitative estimate of drug-likeness (QED) is 0.675. The van der Waals surface area contributed by atoms with E-state index >= 15 is 0 Å². The van der Waals surface area contributed by atoms with Crippen LogP contribution < -0.4 is 0 Å². The Morgan fingerprint density at radius 3 is 1.92 bits per heavy atom. The normalized spacial score (nSPS) is 17.4. The van der Waals surface area contributed by atoms with Crippen molar-refractivity contribution < 1.29 is 8.42 Å². The highest BCUT2D eigenvalue weighted by atomic mass is 35.5. The van der Waals surface area contributed by atoms with E-state index in [1.807, 2.05) is 13.8 Å². The molecule has 0 amide bonds. The number of hydrogen-bond donors (Lipinski definition) is 0. The van der Waals surface area contributed by atoms with E-state index in [2.05, 4.69) is 0 Å². The predicted molar refractivity (Wildman–Crippen MR) is 58.0 cm³/mol. The Hall–Kier alpha value is 0.240. The van der Waals surface area contributed by atoms with Gasteiger partial charge >= 0.3 is 0 Å². The fraction of sp³-hybridized carbons (Fsp3) is 1.00. The molecule has 13 heavy (non-hydrogen) atoms. The van der Waals surface area contributed by atoms with E-state index in [4.69, 9.17) is 11.6 Å². The molecule has 2 atom stereocenters. The molecule has 0 aliphatic heterocycles. The summed E-state index contributed by atoms with van der Waals surface area (Å²) < 4.78 is 22.8. The van der Waals surface area contributed by atoms with Crippen molar-refractivity contribution in [3.05, 3.63) is 0 Å². The molecule has 0 rings (SSSR count). The lowest BCUT2D eigenvalue weighted by Gasteiger charge is -2.14. The third-order valence-electron chi connectivity index (χ3n) is 2.36. The van der Waals surface area contributed by atoms with Crippen LogP contribution in [0.15, 0.2) is 0 Å². The second kappa shape index (κ2) is 5.20. The third-order valence-corrected chi connectivity index (χ3v) is 5.03. The van der Waals surface area contributed by atoms with Crippen LogP contribution >= 0.6 is 11.6 Å². The highest BCUT2D eigenvalue weighted by Crippen LogP contribution is 2.15. The molecule has 0 heterocycles. The van der Waals surface area contributed by atoms with E-state index in [1.165, 1.54) is 0 Å².